The van der Waals surface area contributed by atoms with E-state index in [0.717, 1.165) is 22.3 Å². The number of carbonyl (C=O) groups excluding carboxylic acids is 3. The van der Waals surface area contributed by atoms with Crippen molar-refractivity contribution in [3.8, 4) is 0 Å². The standard InChI is InChI=1S/C23H19F2N3O3S2/c1-32-7-6-19(28-21(30)17-4-2-3-5-18(17)22(28)31)20(29)27-23-26-12-16(33-23)10-13-8-14(24)11-15(25)9-13/h2-5,8-9,11-12,19H,6-7,10H2,1H3,(H,26,27,29)/t19-/m1/s1. The van der Waals surface area contributed by atoms with Crippen LogP contribution >= 0.6 is 23.1 Å². The van der Waals surface area contributed by atoms with Crippen molar-refractivity contribution in [2.45, 2.75) is 18.9 Å². The molecule has 0 saturated heterocycles. The molecule has 2 heterocycles. The monoisotopic (exact) mass is 487 g/mol. The van der Waals surface area contributed by atoms with E-state index in [1.54, 1.807) is 24.3 Å². The zero-order valence-electron chi connectivity index (χ0n) is 17.5. The van der Waals surface area contributed by atoms with Crippen molar-refractivity contribution in [2.24, 2.45) is 0 Å². The van der Waals surface area contributed by atoms with Gasteiger partial charge in [-0.05, 0) is 48.3 Å². The van der Waals surface area contributed by atoms with Gasteiger partial charge in [-0.3, -0.25) is 19.3 Å². The van der Waals surface area contributed by atoms with Gasteiger partial charge < -0.3 is 5.32 Å². The van der Waals surface area contributed by atoms with Crippen molar-refractivity contribution in [3.05, 3.63) is 81.9 Å². The summed E-state index contributed by atoms with van der Waals surface area (Å²) in [4.78, 5) is 44.7. The fourth-order valence-electron chi connectivity index (χ4n) is 3.65. The summed E-state index contributed by atoms with van der Waals surface area (Å²) in [6.45, 7) is 0. The molecule has 33 heavy (non-hydrogen) atoms. The zero-order valence-corrected chi connectivity index (χ0v) is 19.1. The van der Waals surface area contributed by atoms with Gasteiger partial charge in [0, 0.05) is 23.6 Å². The van der Waals surface area contributed by atoms with E-state index >= 15 is 0 Å². The molecule has 1 aromatic heterocycles. The third-order valence-electron chi connectivity index (χ3n) is 5.12. The summed E-state index contributed by atoms with van der Waals surface area (Å²) in [5.41, 5.74) is 1.00. The van der Waals surface area contributed by atoms with Crippen LogP contribution in [-0.4, -0.2) is 45.7 Å². The summed E-state index contributed by atoms with van der Waals surface area (Å²) in [5, 5.41) is 2.97. The Morgan fingerprint density at radius 2 is 1.76 bits per heavy atom. The number of amides is 3. The van der Waals surface area contributed by atoms with Crippen molar-refractivity contribution in [2.75, 3.05) is 17.3 Å². The van der Waals surface area contributed by atoms with Crippen LogP contribution in [-0.2, 0) is 11.2 Å². The van der Waals surface area contributed by atoms with Gasteiger partial charge in [0.05, 0.1) is 11.1 Å². The van der Waals surface area contributed by atoms with Crippen LogP contribution in [0.25, 0.3) is 0 Å². The minimum Gasteiger partial charge on any atom is -0.300 e. The maximum atomic E-state index is 13.4. The number of carbonyl (C=O) groups is 3. The average molecular weight is 488 g/mol. The Bertz CT molecular complexity index is 1180. The molecule has 170 valence electrons. The van der Waals surface area contributed by atoms with Crippen LogP contribution in [0, 0.1) is 11.6 Å². The van der Waals surface area contributed by atoms with Crippen LogP contribution < -0.4 is 5.32 Å². The number of rotatable bonds is 8. The van der Waals surface area contributed by atoms with E-state index in [9.17, 15) is 23.2 Å². The van der Waals surface area contributed by atoms with Crippen molar-refractivity contribution in [1.82, 2.24) is 9.88 Å². The molecule has 1 atom stereocenters. The summed E-state index contributed by atoms with van der Waals surface area (Å²) in [6, 6.07) is 8.77. The molecule has 6 nitrogen and oxygen atoms in total. The van der Waals surface area contributed by atoms with Crippen LogP contribution in [0.1, 0.15) is 37.6 Å². The third kappa shape index (κ3) is 4.96. The van der Waals surface area contributed by atoms with Gasteiger partial charge in [-0.15, -0.1) is 11.3 Å². The molecule has 4 rings (SSSR count). The maximum Gasteiger partial charge on any atom is 0.262 e. The Balaban J connectivity index is 1.51. The Hall–Kier alpha value is -3.11. The number of benzene rings is 2. The summed E-state index contributed by atoms with van der Waals surface area (Å²) in [7, 11) is 0. The second kappa shape index (κ2) is 9.80. The van der Waals surface area contributed by atoms with Gasteiger partial charge in [-0.2, -0.15) is 11.8 Å². The van der Waals surface area contributed by atoms with E-state index < -0.39 is 35.4 Å². The van der Waals surface area contributed by atoms with Crippen LogP contribution in [0.5, 0.6) is 0 Å². The van der Waals surface area contributed by atoms with Gasteiger partial charge in [0.1, 0.15) is 17.7 Å². The number of nitrogens with one attached hydrogen (secondary N) is 1. The number of fused-ring (bicyclic) bond motifs is 1. The highest BCUT2D eigenvalue weighted by Gasteiger charge is 2.42. The van der Waals surface area contributed by atoms with E-state index in [2.05, 4.69) is 10.3 Å². The molecule has 0 unspecified atom stereocenters. The van der Waals surface area contributed by atoms with Crippen molar-refractivity contribution in [1.29, 1.82) is 0 Å². The summed E-state index contributed by atoms with van der Waals surface area (Å²) in [6.07, 6.45) is 3.93. The van der Waals surface area contributed by atoms with Gasteiger partial charge in [0.2, 0.25) is 5.91 Å². The Morgan fingerprint density at radius 3 is 2.36 bits per heavy atom. The highest BCUT2D eigenvalue weighted by Crippen LogP contribution is 2.28. The largest absolute Gasteiger partial charge is 0.300 e. The van der Waals surface area contributed by atoms with Crippen molar-refractivity contribution in [3.63, 3.8) is 0 Å². The number of thioether (sulfide) groups is 1. The molecular weight excluding hydrogens is 468 g/mol. The second-order valence-electron chi connectivity index (χ2n) is 7.40. The first kappa shape index (κ1) is 23.1. The quantitative estimate of drug-likeness (QED) is 0.478. The molecule has 0 saturated carbocycles. The first-order chi connectivity index (χ1) is 15.9. The Kier molecular flexibility index (Phi) is 6.85. The third-order valence-corrected chi connectivity index (χ3v) is 6.68. The fourth-order valence-corrected chi connectivity index (χ4v) is 4.96. The minimum absolute atomic E-state index is 0.247. The van der Waals surface area contributed by atoms with E-state index in [-0.39, 0.29) is 22.7 Å². The number of halogens is 2. The molecule has 0 spiro atoms. The molecule has 3 amide bonds. The van der Waals surface area contributed by atoms with Crippen LogP contribution in [0.3, 0.4) is 0 Å². The number of nitrogens with zero attached hydrogens (tertiary/aromatic N) is 2. The van der Waals surface area contributed by atoms with Crippen LogP contribution in [0.4, 0.5) is 13.9 Å². The van der Waals surface area contributed by atoms with Crippen molar-refractivity contribution < 1.29 is 23.2 Å². The molecule has 1 N–H and O–H groups in total. The number of hydrogen-bond acceptors (Lipinski definition) is 6. The molecule has 10 heteroatoms. The second-order valence-corrected chi connectivity index (χ2v) is 9.50. The lowest BCUT2D eigenvalue weighted by molar-refractivity contribution is -0.120. The van der Waals surface area contributed by atoms with E-state index in [0.29, 0.717) is 22.6 Å². The van der Waals surface area contributed by atoms with E-state index in [1.807, 2.05) is 6.26 Å². The van der Waals surface area contributed by atoms with Crippen molar-refractivity contribution >= 4 is 46.0 Å². The smallest absolute Gasteiger partial charge is 0.262 e. The lowest BCUT2D eigenvalue weighted by Crippen LogP contribution is -2.47. The van der Waals surface area contributed by atoms with Gasteiger partial charge in [-0.25, -0.2) is 13.8 Å². The summed E-state index contributed by atoms with van der Waals surface area (Å²) < 4.78 is 26.9. The maximum absolute atomic E-state index is 13.4. The summed E-state index contributed by atoms with van der Waals surface area (Å²) >= 11 is 2.66. The number of imide groups is 1. The molecule has 1 aliphatic rings. The number of anilines is 1. The molecular formula is C23H19F2N3O3S2. The minimum atomic E-state index is -0.991. The van der Waals surface area contributed by atoms with E-state index in [1.165, 1.54) is 30.1 Å². The summed E-state index contributed by atoms with van der Waals surface area (Å²) in [5.74, 6) is -2.27. The first-order valence-electron chi connectivity index (χ1n) is 10.0. The van der Waals surface area contributed by atoms with Gasteiger partial charge in [0.25, 0.3) is 11.8 Å². The predicted molar refractivity (Wildman–Crippen MR) is 124 cm³/mol. The zero-order chi connectivity index (χ0) is 23.5. The van der Waals surface area contributed by atoms with Crippen LogP contribution in [0.2, 0.25) is 0 Å². The highest BCUT2D eigenvalue weighted by atomic mass is 32.2. The Labute approximate surface area is 197 Å². The topological polar surface area (TPSA) is 79.4 Å². The van der Waals surface area contributed by atoms with Gasteiger partial charge in [0.15, 0.2) is 5.13 Å². The van der Waals surface area contributed by atoms with Gasteiger partial charge >= 0.3 is 0 Å². The predicted octanol–water partition coefficient (Wildman–Crippen LogP) is 4.37. The molecule has 0 aliphatic carbocycles. The highest BCUT2D eigenvalue weighted by molar-refractivity contribution is 7.98. The average Bonchev–Trinajstić information content (AvgIpc) is 3.31. The molecule has 3 aromatic rings. The van der Waals surface area contributed by atoms with Crippen LogP contribution in [0.15, 0.2) is 48.7 Å². The Morgan fingerprint density at radius 1 is 1.12 bits per heavy atom. The molecule has 0 fully saturated rings. The SMILES string of the molecule is CSCC[C@H](C(=O)Nc1ncc(Cc2cc(F)cc(F)c2)s1)N1C(=O)c2ccccc2C1=O. The van der Waals surface area contributed by atoms with Gasteiger partial charge in [-0.1, -0.05) is 12.1 Å². The fraction of sp³-hybridized carbons (Fsp3) is 0.217. The molecule has 0 bridgehead atoms. The molecule has 1 aliphatic heterocycles. The number of aromatic nitrogens is 1. The van der Waals surface area contributed by atoms with E-state index in [4.69, 9.17) is 0 Å². The number of thiazole rings is 1. The molecule has 0 radical (unpaired) electrons. The first-order valence-corrected chi connectivity index (χ1v) is 12.2. The lowest BCUT2D eigenvalue weighted by Gasteiger charge is -2.24. The number of hydrogen-bond donors (Lipinski definition) is 1. The lowest BCUT2D eigenvalue weighted by atomic mass is 10.1. The normalized spacial score (nSPS) is 13.8. The molecule has 2 aromatic carbocycles.